The molecule has 1 aromatic carbocycles. The van der Waals surface area contributed by atoms with Crippen molar-refractivity contribution in [1.82, 2.24) is 15.1 Å². The number of urea groups is 1. The van der Waals surface area contributed by atoms with E-state index in [1.165, 1.54) is 0 Å². The summed E-state index contributed by atoms with van der Waals surface area (Å²) in [7, 11) is 3.35. The van der Waals surface area contributed by atoms with Crippen molar-refractivity contribution in [1.29, 1.82) is 0 Å². The standard InChI is InChI=1S/C26H40N4O5/c1-6-12-27-26(33)30-14-17(2)23(34-5)15-29(4)25(32)21-13-20(28-24(31)19-8-7-9-19)10-11-22(21)35-16-18(30)3/h10-11,13,17-19,23H,6-9,12,14-16H2,1-5H3,(H,27,33)(H,28,31)/t17-,18+,23-/m1/s1. The number of carbonyl (C=O) groups is 3. The SMILES string of the molecule is CCCNC(=O)N1C[C@@H](C)[C@H](OC)CN(C)C(=O)c2cc(NC(=O)C3CCC3)ccc2OC[C@@H]1C. The van der Waals surface area contributed by atoms with Gasteiger partial charge in [0.05, 0.1) is 17.7 Å². The highest BCUT2D eigenvalue weighted by molar-refractivity contribution is 6.00. The summed E-state index contributed by atoms with van der Waals surface area (Å²) in [6.45, 7) is 7.62. The maximum atomic E-state index is 13.4. The predicted octanol–water partition coefficient (Wildman–Crippen LogP) is 3.35. The molecule has 0 unspecified atom stereocenters. The number of methoxy groups -OCH3 is 1. The molecule has 1 aromatic rings. The molecule has 194 valence electrons. The maximum Gasteiger partial charge on any atom is 0.317 e. The van der Waals surface area contributed by atoms with Crippen LogP contribution in [-0.2, 0) is 9.53 Å². The first kappa shape index (κ1) is 26.8. The summed E-state index contributed by atoms with van der Waals surface area (Å²) in [6.07, 6.45) is 3.46. The molecule has 35 heavy (non-hydrogen) atoms. The van der Waals surface area contributed by atoms with Crippen molar-refractivity contribution < 1.29 is 23.9 Å². The van der Waals surface area contributed by atoms with Crippen LogP contribution in [0.1, 0.15) is 56.8 Å². The number of anilines is 1. The van der Waals surface area contributed by atoms with Gasteiger partial charge in [-0.2, -0.15) is 0 Å². The van der Waals surface area contributed by atoms with E-state index in [1.807, 2.05) is 20.8 Å². The van der Waals surface area contributed by atoms with E-state index < -0.39 is 0 Å². The summed E-state index contributed by atoms with van der Waals surface area (Å²) in [6, 6.07) is 4.78. The Morgan fingerprint density at radius 2 is 1.94 bits per heavy atom. The number of carbonyl (C=O) groups excluding carboxylic acids is 3. The highest BCUT2D eigenvalue weighted by Crippen LogP contribution is 2.30. The lowest BCUT2D eigenvalue weighted by molar-refractivity contribution is -0.122. The van der Waals surface area contributed by atoms with E-state index in [-0.39, 0.29) is 48.4 Å². The number of ether oxygens (including phenoxy) is 2. The molecule has 2 aliphatic rings. The lowest BCUT2D eigenvalue weighted by Gasteiger charge is -2.36. The molecule has 0 bridgehead atoms. The van der Waals surface area contributed by atoms with Crippen molar-refractivity contribution in [3.63, 3.8) is 0 Å². The van der Waals surface area contributed by atoms with Crippen LogP contribution in [0.4, 0.5) is 10.5 Å². The molecule has 1 fully saturated rings. The molecule has 9 nitrogen and oxygen atoms in total. The van der Waals surface area contributed by atoms with Gasteiger partial charge >= 0.3 is 6.03 Å². The molecule has 0 radical (unpaired) electrons. The molecule has 2 N–H and O–H groups in total. The Kier molecular flexibility index (Phi) is 9.37. The minimum atomic E-state index is -0.261. The van der Waals surface area contributed by atoms with E-state index in [0.29, 0.717) is 36.6 Å². The summed E-state index contributed by atoms with van der Waals surface area (Å²) < 4.78 is 11.8. The number of benzene rings is 1. The average Bonchev–Trinajstić information content (AvgIpc) is 2.80. The Bertz CT molecular complexity index is 904. The fourth-order valence-corrected chi connectivity index (χ4v) is 4.39. The second-order valence-electron chi connectivity index (χ2n) is 9.81. The lowest BCUT2D eigenvalue weighted by atomic mass is 9.85. The van der Waals surface area contributed by atoms with E-state index in [1.54, 1.807) is 42.2 Å². The molecule has 9 heteroatoms. The minimum Gasteiger partial charge on any atom is -0.491 e. The van der Waals surface area contributed by atoms with E-state index >= 15 is 0 Å². The average molecular weight is 489 g/mol. The first-order valence-corrected chi connectivity index (χ1v) is 12.7. The van der Waals surface area contributed by atoms with Crippen LogP contribution in [0.25, 0.3) is 0 Å². The van der Waals surface area contributed by atoms with Crippen LogP contribution in [0.3, 0.4) is 0 Å². The topological polar surface area (TPSA) is 100 Å². The zero-order valence-corrected chi connectivity index (χ0v) is 21.6. The van der Waals surface area contributed by atoms with Crippen molar-refractivity contribution in [3.05, 3.63) is 23.8 Å². The Morgan fingerprint density at radius 1 is 1.20 bits per heavy atom. The molecule has 0 saturated heterocycles. The predicted molar refractivity (Wildman–Crippen MR) is 135 cm³/mol. The molecule has 0 aromatic heterocycles. The van der Waals surface area contributed by atoms with Gasteiger partial charge in [-0.1, -0.05) is 20.3 Å². The zero-order chi connectivity index (χ0) is 25.5. The van der Waals surface area contributed by atoms with Crippen LogP contribution >= 0.6 is 0 Å². The normalized spacial score (nSPS) is 23.8. The first-order chi connectivity index (χ1) is 16.7. The second kappa shape index (κ2) is 12.2. The van der Waals surface area contributed by atoms with E-state index in [9.17, 15) is 14.4 Å². The van der Waals surface area contributed by atoms with Gasteiger partial charge in [-0.15, -0.1) is 0 Å². The largest absolute Gasteiger partial charge is 0.491 e. The second-order valence-corrected chi connectivity index (χ2v) is 9.81. The molecule has 1 aliphatic carbocycles. The third-order valence-electron chi connectivity index (χ3n) is 6.98. The highest BCUT2D eigenvalue weighted by Gasteiger charge is 2.31. The number of hydrogen-bond donors (Lipinski definition) is 2. The summed E-state index contributed by atoms with van der Waals surface area (Å²) in [5.74, 6) is 0.227. The zero-order valence-electron chi connectivity index (χ0n) is 21.6. The van der Waals surface area contributed by atoms with Crippen molar-refractivity contribution in [2.75, 3.05) is 45.7 Å². The monoisotopic (exact) mass is 488 g/mol. The molecular weight excluding hydrogens is 448 g/mol. The Labute approximate surface area is 208 Å². The third kappa shape index (κ3) is 6.66. The number of hydrogen-bond acceptors (Lipinski definition) is 5. The van der Waals surface area contributed by atoms with Gasteiger partial charge in [-0.3, -0.25) is 9.59 Å². The van der Waals surface area contributed by atoms with Gasteiger partial charge in [0.2, 0.25) is 5.91 Å². The molecule has 3 atom stereocenters. The van der Waals surface area contributed by atoms with E-state index in [2.05, 4.69) is 10.6 Å². The van der Waals surface area contributed by atoms with Gasteiger partial charge in [0, 0.05) is 51.3 Å². The summed E-state index contributed by atoms with van der Waals surface area (Å²) in [4.78, 5) is 42.2. The molecule has 1 saturated carbocycles. The smallest absolute Gasteiger partial charge is 0.317 e. The number of likely N-dealkylation sites (N-methyl/N-ethyl adjacent to an activating group) is 1. The molecule has 1 aliphatic heterocycles. The molecular formula is C26H40N4O5. The number of amides is 4. The molecule has 3 rings (SSSR count). The molecule has 4 amide bonds. The number of nitrogens with zero attached hydrogens (tertiary/aromatic N) is 2. The van der Waals surface area contributed by atoms with Gasteiger partial charge in [0.25, 0.3) is 5.91 Å². The Morgan fingerprint density at radius 3 is 2.57 bits per heavy atom. The number of fused-ring (bicyclic) bond motifs is 1. The van der Waals surface area contributed by atoms with Crippen molar-refractivity contribution in [3.8, 4) is 5.75 Å². The fourth-order valence-electron chi connectivity index (χ4n) is 4.39. The summed E-state index contributed by atoms with van der Waals surface area (Å²) in [5.41, 5.74) is 0.944. The van der Waals surface area contributed by atoms with E-state index in [4.69, 9.17) is 9.47 Å². The van der Waals surface area contributed by atoms with Crippen LogP contribution in [0.2, 0.25) is 0 Å². The highest BCUT2D eigenvalue weighted by atomic mass is 16.5. The Balaban J connectivity index is 1.89. The van der Waals surface area contributed by atoms with Gasteiger partial charge in [-0.05, 0) is 44.4 Å². The fraction of sp³-hybridized carbons (Fsp3) is 0.654. The molecule has 0 spiro atoms. The van der Waals surface area contributed by atoms with Crippen LogP contribution < -0.4 is 15.4 Å². The van der Waals surface area contributed by atoms with Crippen molar-refractivity contribution in [2.24, 2.45) is 11.8 Å². The summed E-state index contributed by atoms with van der Waals surface area (Å²) >= 11 is 0. The lowest BCUT2D eigenvalue weighted by Crippen LogP contribution is -2.51. The van der Waals surface area contributed by atoms with Crippen LogP contribution in [0, 0.1) is 11.8 Å². The van der Waals surface area contributed by atoms with Crippen molar-refractivity contribution in [2.45, 2.75) is 58.6 Å². The van der Waals surface area contributed by atoms with Gasteiger partial charge in [0.15, 0.2) is 0 Å². The van der Waals surface area contributed by atoms with Gasteiger partial charge in [0.1, 0.15) is 12.4 Å². The maximum absolute atomic E-state index is 13.4. The van der Waals surface area contributed by atoms with Crippen molar-refractivity contribution >= 4 is 23.5 Å². The Hall–Kier alpha value is -2.81. The first-order valence-electron chi connectivity index (χ1n) is 12.7. The number of rotatable bonds is 5. The summed E-state index contributed by atoms with van der Waals surface area (Å²) in [5, 5.41) is 5.91. The van der Waals surface area contributed by atoms with Gasteiger partial charge < -0.3 is 29.9 Å². The minimum absolute atomic E-state index is 0.0123. The third-order valence-corrected chi connectivity index (χ3v) is 6.98. The number of nitrogens with one attached hydrogen (secondary N) is 2. The quantitative estimate of drug-likeness (QED) is 0.662. The van der Waals surface area contributed by atoms with Crippen LogP contribution in [0.5, 0.6) is 5.75 Å². The van der Waals surface area contributed by atoms with E-state index in [0.717, 1.165) is 25.7 Å². The van der Waals surface area contributed by atoms with Gasteiger partial charge in [-0.25, -0.2) is 4.79 Å². The van der Waals surface area contributed by atoms with Crippen LogP contribution in [0.15, 0.2) is 18.2 Å². The van der Waals surface area contributed by atoms with Crippen LogP contribution in [-0.4, -0.2) is 80.2 Å². The molecule has 1 heterocycles.